The van der Waals surface area contributed by atoms with Crippen molar-refractivity contribution in [2.45, 2.75) is 6.92 Å². The van der Waals surface area contributed by atoms with Crippen LogP contribution in [0.25, 0.3) is 21.8 Å². The Morgan fingerprint density at radius 1 is 0.931 bits per heavy atom. The Hall–Kier alpha value is -3.58. The van der Waals surface area contributed by atoms with Crippen molar-refractivity contribution in [2.75, 3.05) is 12.4 Å². The van der Waals surface area contributed by atoms with Crippen LogP contribution in [0.4, 0.5) is 5.69 Å². The Morgan fingerprint density at radius 2 is 1.69 bits per heavy atom. The van der Waals surface area contributed by atoms with Gasteiger partial charge in [-0.15, -0.1) is 21.5 Å². The highest BCUT2D eigenvalue weighted by Crippen LogP contribution is 2.28. The minimum absolute atomic E-state index is 0.167. The lowest BCUT2D eigenvalue weighted by Crippen LogP contribution is -2.11. The van der Waals surface area contributed by atoms with E-state index >= 15 is 0 Å². The number of nitrogens with zero attached hydrogens (tertiary/aromatic N) is 3. The van der Waals surface area contributed by atoms with E-state index in [4.69, 9.17) is 4.74 Å². The maximum atomic E-state index is 12.7. The first-order valence-corrected chi connectivity index (χ1v) is 9.78. The molecule has 7 heteroatoms. The third kappa shape index (κ3) is 4.14. The lowest BCUT2D eigenvalue weighted by atomic mass is 10.1. The van der Waals surface area contributed by atoms with Crippen LogP contribution in [0, 0.1) is 6.92 Å². The summed E-state index contributed by atoms with van der Waals surface area (Å²) in [6.07, 6.45) is 0. The third-order valence-corrected chi connectivity index (χ3v) is 5.52. The Kier molecular flexibility index (Phi) is 5.31. The van der Waals surface area contributed by atoms with Gasteiger partial charge >= 0.3 is 0 Å². The van der Waals surface area contributed by atoms with Crippen LogP contribution in [0.2, 0.25) is 0 Å². The monoisotopic (exact) mass is 402 g/mol. The summed E-state index contributed by atoms with van der Waals surface area (Å²) in [7, 11) is 1.55. The summed E-state index contributed by atoms with van der Waals surface area (Å²) in [5.41, 5.74) is 4.06. The minimum Gasteiger partial charge on any atom is -0.480 e. The van der Waals surface area contributed by atoms with Crippen LogP contribution in [0.5, 0.6) is 5.88 Å². The third-order valence-electron chi connectivity index (χ3n) is 4.31. The summed E-state index contributed by atoms with van der Waals surface area (Å²) < 4.78 is 5.02. The first-order valence-electron chi connectivity index (χ1n) is 8.96. The van der Waals surface area contributed by atoms with Crippen LogP contribution < -0.4 is 10.1 Å². The van der Waals surface area contributed by atoms with Crippen molar-refractivity contribution < 1.29 is 9.53 Å². The van der Waals surface area contributed by atoms with Gasteiger partial charge in [-0.05, 0) is 25.1 Å². The number of thiazole rings is 1. The second-order valence-electron chi connectivity index (χ2n) is 6.29. The Balaban J connectivity index is 1.49. The van der Waals surface area contributed by atoms with E-state index in [9.17, 15) is 4.79 Å². The molecule has 2 heterocycles. The van der Waals surface area contributed by atoms with Crippen LogP contribution in [0.15, 0.2) is 66.7 Å². The van der Waals surface area contributed by atoms with E-state index in [0.29, 0.717) is 16.4 Å². The first-order chi connectivity index (χ1) is 14.1. The lowest BCUT2D eigenvalue weighted by molar-refractivity contribution is 0.103. The molecule has 144 valence electrons. The zero-order chi connectivity index (χ0) is 20.2. The summed E-state index contributed by atoms with van der Waals surface area (Å²) in [6, 6.07) is 20.9. The molecular weight excluding hydrogens is 384 g/mol. The molecule has 2 aromatic heterocycles. The van der Waals surface area contributed by atoms with Crippen LogP contribution in [0.3, 0.4) is 0 Å². The van der Waals surface area contributed by atoms with Crippen LogP contribution in [-0.2, 0) is 0 Å². The fourth-order valence-electron chi connectivity index (χ4n) is 2.81. The van der Waals surface area contributed by atoms with Crippen molar-refractivity contribution in [2.24, 2.45) is 0 Å². The molecule has 2 aromatic carbocycles. The quantitative estimate of drug-likeness (QED) is 0.517. The van der Waals surface area contributed by atoms with E-state index in [1.54, 1.807) is 13.2 Å². The average Bonchev–Trinajstić information content (AvgIpc) is 3.17. The van der Waals surface area contributed by atoms with Gasteiger partial charge in [-0.2, -0.15) is 0 Å². The SMILES string of the molecule is COc1ccc(-c2ccc(NC(=O)c3sc(-c4ccccc4)nc3C)cc2)nn1. The Bertz CT molecular complexity index is 1120. The molecular formula is C22H18N4O2S. The number of methoxy groups -OCH3 is 1. The van der Waals surface area contributed by atoms with Gasteiger partial charge in [0.25, 0.3) is 5.91 Å². The standard InChI is InChI=1S/C22H18N4O2S/c1-14-20(29-22(23-14)16-6-4-3-5-7-16)21(27)24-17-10-8-15(9-11-17)18-12-13-19(28-2)26-25-18/h3-13H,1-2H3,(H,24,27). The van der Waals surface area contributed by atoms with Gasteiger partial charge in [0, 0.05) is 22.9 Å². The molecule has 4 rings (SSSR count). The molecule has 0 saturated carbocycles. The molecule has 1 amide bonds. The van der Waals surface area contributed by atoms with E-state index in [0.717, 1.165) is 27.5 Å². The predicted octanol–water partition coefficient (Wildman–Crippen LogP) is 4.84. The van der Waals surface area contributed by atoms with Gasteiger partial charge in [-0.1, -0.05) is 42.5 Å². The topological polar surface area (TPSA) is 77.0 Å². The van der Waals surface area contributed by atoms with Crippen molar-refractivity contribution in [3.63, 3.8) is 0 Å². The van der Waals surface area contributed by atoms with Gasteiger partial charge in [0.05, 0.1) is 18.5 Å². The molecule has 4 aromatic rings. The van der Waals surface area contributed by atoms with Gasteiger partial charge in [0.15, 0.2) is 0 Å². The predicted molar refractivity (Wildman–Crippen MR) is 114 cm³/mol. The fourth-order valence-corrected chi connectivity index (χ4v) is 3.77. The molecule has 0 unspecified atom stereocenters. The maximum Gasteiger partial charge on any atom is 0.267 e. The number of carbonyl (C=O) groups is 1. The van der Waals surface area contributed by atoms with Crippen molar-refractivity contribution in [3.05, 3.63) is 77.3 Å². The zero-order valence-corrected chi connectivity index (χ0v) is 16.7. The van der Waals surface area contributed by atoms with Crippen molar-refractivity contribution >= 4 is 22.9 Å². The Labute approximate surface area is 172 Å². The van der Waals surface area contributed by atoms with E-state index in [-0.39, 0.29) is 5.91 Å². The number of nitrogens with one attached hydrogen (secondary N) is 1. The van der Waals surface area contributed by atoms with E-state index in [2.05, 4.69) is 20.5 Å². The highest BCUT2D eigenvalue weighted by Gasteiger charge is 2.16. The highest BCUT2D eigenvalue weighted by molar-refractivity contribution is 7.17. The molecule has 0 radical (unpaired) electrons. The summed E-state index contributed by atoms with van der Waals surface area (Å²) in [4.78, 5) is 17.9. The molecule has 29 heavy (non-hydrogen) atoms. The molecule has 0 spiro atoms. The lowest BCUT2D eigenvalue weighted by Gasteiger charge is -2.06. The summed E-state index contributed by atoms with van der Waals surface area (Å²) >= 11 is 1.39. The second-order valence-corrected chi connectivity index (χ2v) is 7.29. The van der Waals surface area contributed by atoms with Gasteiger partial charge in [-0.3, -0.25) is 4.79 Å². The van der Waals surface area contributed by atoms with Gasteiger partial charge in [0.2, 0.25) is 5.88 Å². The molecule has 0 aliphatic carbocycles. The number of amides is 1. The summed E-state index contributed by atoms with van der Waals surface area (Å²) in [6.45, 7) is 1.85. The summed E-state index contributed by atoms with van der Waals surface area (Å²) in [5, 5.41) is 11.9. The van der Waals surface area contributed by atoms with Gasteiger partial charge in [0.1, 0.15) is 9.88 Å². The number of benzene rings is 2. The van der Waals surface area contributed by atoms with Crippen molar-refractivity contribution in [1.82, 2.24) is 15.2 Å². The number of rotatable bonds is 5. The van der Waals surface area contributed by atoms with Crippen LogP contribution in [0.1, 0.15) is 15.4 Å². The summed E-state index contributed by atoms with van der Waals surface area (Å²) in [5.74, 6) is 0.298. The number of hydrogen-bond acceptors (Lipinski definition) is 6. The fraction of sp³-hybridized carbons (Fsp3) is 0.0909. The molecule has 0 saturated heterocycles. The highest BCUT2D eigenvalue weighted by atomic mass is 32.1. The van der Waals surface area contributed by atoms with Crippen molar-refractivity contribution in [1.29, 1.82) is 0 Å². The number of aromatic nitrogens is 3. The normalized spacial score (nSPS) is 10.6. The van der Waals surface area contributed by atoms with Crippen molar-refractivity contribution in [3.8, 4) is 27.7 Å². The number of aryl methyl sites for hydroxylation is 1. The minimum atomic E-state index is -0.167. The molecule has 0 aliphatic heterocycles. The smallest absolute Gasteiger partial charge is 0.267 e. The van der Waals surface area contributed by atoms with Gasteiger partial charge in [-0.25, -0.2) is 4.98 Å². The molecule has 0 aliphatic rings. The number of carbonyl (C=O) groups excluding carboxylic acids is 1. The largest absolute Gasteiger partial charge is 0.480 e. The zero-order valence-electron chi connectivity index (χ0n) is 15.9. The number of hydrogen-bond donors (Lipinski definition) is 1. The molecule has 6 nitrogen and oxygen atoms in total. The molecule has 1 N–H and O–H groups in total. The first kappa shape index (κ1) is 18.8. The van der Waals surface area contributed by atoms with Gasteiger partial charge < -0.3 is 10.1 Å². The van der Waals surface area contributed by atoms with Crippen LogP contribution in [-0.4, -0.2) is 28.2 Å². The average molecular weight is 402 g/mol. The van der Waals surface area contributed by atoms with E-state index < -0.39 is 0 Å². The molecule has 0 atom stereocenters. The Morgan fingerprint density at radius 3 is 2.34 bits per heavy atom. The molecule has 0 fully saturated rings. The van der Waals surface area contributed by atoms with E-state index in [1.807, 2.05) is 67.6 Å². The maximum absolute atomic E-state index is 12.7. The number of ether oxygens (including phenoxy) is 1. The van der Waals surface area contributed by atoms with Crippen LogP contribution >= 0.6 is 11.3 Å². The second kappa shape index (κ2) is 8.20. The van der Waals surface area contributed by atoms with E-state index in [1.165, 1.54) is 11.3 Å². The number of anilines is 1. The molecule has 0 bridgehead atoms.